The summed E-state index contributed by atoms with van der Waals surface area (Å²) in [7, 11) is 1.79. The van der Waals surface area contributed by atoms with Crippen molar-refractivity contribution in [1.29, 1.82) is 0 Å². The van der Waals surface area contributed by atoms with Gasteiger partial charge in [-0.3, -0.25) is 9.48 Å². The maximum Gasteiger partial charge on any atom is 0.416 e. The molecule has 0 bridgehead atoms. The fraction of sp³-hybridized carbons (Fsp3) is 0.500. The van der Waals surface area contributed by atoms with E-state index in [0.717, 1.165) is 23.5 Å². The molecule has 158 valence electrons. The van der Waals surface area contributed by atoms with E-state index < -0.39 is 11.7 Å². The number of aryl methyl sites for hydroxylation is 1. The molecule has 1 aromatic heterocycles. The predicted octanol–water partition coefficient (Wildman–Crippen LogP) is 3.37. The number of carbonyl (C=O) groups excluding carboxylic acids is 1. The summed E-state index contributed by atoms with van der Waals surface area (Å²) in [5, 5.41) is 4.48. The fourth-order valence-electron chi connectivity index (χ4n) is 3.24. The van der Waals surface area contributed by atoms with Gasteiger partial charge in [-0.25, -0.2) is 0 Å². The Labute approximate surface area is 167 Å². The second-order valence-electron chi connectivity index (χ2n) is 6.86. The zero-order valence-corrected chi connectivity index (χ0v) is 16.4. The Hall–Kier alpha value is -2.55. The molecule has 1 saturated heterocycles. The Bertz CT molecular complexity index is 851. The number of alkyl halides is 3. The number of aromatic nitrogens is 2. The first kappa shape index (κ1) is 21.2. The van der Waals surface area contributed by atoms with Crippen molar-refractivity contribution in [3.05, 3.63) is 47.3 Å². The molecule has 1 amide bonds. The van der Waals surface area contributed by atoms with Crippen molar-refractivity contribution >= 4 is 5.91 Å². The Kier molecular flexibility index (Phi) is 6.46. The monoisotopic (exact) mass is 411 g/mol. The van der Waals surface area contributed by atoms with Crippen LogP contribution in [0.2, 0.25) is 0 Å². The second kappa shape index (κ2) is 8.86. The lowest BCUT2D eigenvalue weighted by molar-refractivity contribution is -0.139. The molecule has 1 fully saturated rings. The highest BCUT2D eigenvalue weighted by Crippen LogP contribution is 2.31. The zero-order valence-electron chi connectivity index (χ0n) is 16.4. The molecule has 2 heterocycles. The third-order valence-corrected chi connectivity index (χ3v) is 4.84. The molecule has 1 aromatic carbocycles. The van der Waals surface area contributed by atoms with Gasteiger partial charge in [0.25, 0.3) is 0 Å². The number of halogens is 3. The van der Waals surface area contributed by atoms with Gasteiger partial charge < -0.3 is 14.4 Å². The van der Waals surface area contributed by atoms with Gasteiger partial charge in [-0.05, 0) is 24.3 Å². The third-order valence-electron chi connectivity index (χ3n) is 4.84. The first-order valence-corrected chi connectivity index (χ1v) is 9.50. The van der Waals surface area contributed by atoms with Crippen LogP contribution in [-0.4, -0.2) is 46.9 Å². The second-order valence-corrected chi connectivity index (χ2v) is 6.86. The van der Waals surface area contributed by atoms with Gasteiger partial charge in [0.1, 0.15) is 11.9 Å². The fourth-order valence-corrected chi connectivity index (χ4v) is 3.24. The summed E-state index contributed by atoms with van der Waals surface area (Å²) >= 11 is 0. The average Bonchev–Trinajstić information content (AvgIpc) is 3.08. The van der Waals surface area contributed by atoms with E-state index in [4.69, 9.17) is 9.47 Å². The van der Waals surface area contributed by atoms with Gasteiger partial charge in [0.2, 0.25) is 5.91 Å². The van der Waals surface area contributed by atoms with E-state index in [1.165, 1.54) is 12.1 Å². The number of hydrogen-bond donors (Lipinski definition) is 0. The molecule has 1 aliphatic heterocycles. The van der Waals surface area contributed by atoms with Gasteiger partial charge >= 0.3 is 6.18 Å². The molecular formula is C20H24F3N3O3. The van der Waals surface area contributed by atoms with Crippen LogP contribution in [0.5, 0.6) is 5.75 Å². The van der Waals surface area contributed by atoms with Crippen LogP contribution in [-0.2, 0) is 29.2 Å². The maximum atomic E-state index is 12.8. The summed E-state index contributed by atoms with van der Waals surface area (Å²) in [4.78, 5) is 13.7. The molecule has 3 rings (SSSR count). The number of nitrogens with zero attached hydrogens (tertiary/aromatic N) is 3. The first-order chi connectivity index (χ1) is 13.8. The minimum atomic E-state index is -4.40. The van der Waals surface area contributed by atoms with Crippen LogP contribution in [0.4, 0.5) is 13.2 Å². The molecule has 0 N–H and O–H groups in total. The van der Waals surface area contributed by atoms with Crippen LogP contribution in [0.1, 0.15) is 36.4 Å². The lowest BCUT2D eigenvalue weighted by atomic mass is 10.1. The Morgan fingerprint density at radius 3 is 2.86 bits per heavy atom. The van der Waals surface area contributed by atoms with Crippen LogP contribution in [0.25, 0.3) is 0 Å². The molecule has 0 radical (unpaired) electrons. The minimum Gasteiger partial charge on any atom is -0.493 e. The molecule has 0 spiro atoms. The predicted molar refractivity (Wildman–Crippen MR) is 99.4 cm³/mol. The Morgan fingerprint density at radius 1 is 1.34 bits per heavy atom. The van der Waals surface area contributed by atoms with Crippen molar-refractivity contribution in [2.75, 3.05) is 26.3 Å². The standard InChI is InChI=1S/C20H24F3N3O3/c1-3-19(27)26-8-10-29-18(13-26)17-12-15(25(2)24-17)7-9-28-16-6-4-5-14(11-16)20(21,22)23/h4-6,11-12,18H,3,7-10,13H2,1-2H3. The zero-order chi connectivity index (χ0) is 21.0. The van der Waals surface area contributed by atoms with Crippen LogP contribution in [0, 0.1) is 0 Å². The number of morpholine rings is 1. The van der Waals surface area contributed by atoms with Crippen LogP contribution < -0.4 is 4.74 Å². The molecule has 29 heavy (non-hydrogen) atoms. The van der Waals surface area contributed by atoms with E-state index in [0.29, 0.717) is 32.5 Å². The molecule has 6 nitrogen and oxygen atoms in total. The lowest BCUT2D eigenvalue weighted by Gasteiger charge is -2.32. The number of benzene rings is 1. The van der Waals surface area contributed by atoms with Gasteiger partial charge in [-0.1, -0.05) is 13.0 Å². The molecule has 0 saturated carbocycles. The quantitative estimate of drug-likeness (QED) is 0.732. The summed E-state index contributed by atoms with van der Waals surface area (Å²) in [6, 6.07) is 6.71. The number of ether oxygens (including phenoxy) is 2. The van der Waals surface area contributed by atoms with Gasteiger partial charge in [-0.2, -0.15) is 18.3 Å². The molecule has 2 aromatic rings. The SMILES string of the molecule is CCC(=O)N1CCOC(c2cc(CCOc3cccc(C(F)(F)F)c3)n(C)n2)C1. The van der Waals surface area contributed by atoms with Crippen molar-refractivity contribution in [3.8, 4) is 5.75 Å². The molecule has 1 aliphatic rings. The summed E-state index contributed by atoms with van der Waals surface area (Å²) in [6.45, 7) is 3.54. The highest BCUT2D eigenvalue weighted by atomic mass is 19.4. The molecule has 1 atom stereocenters. The van der Waals surface area contributed by atoms with Crippen molar-refractivity contribution in [3.63, 3.8) is 0 Å². The number of carbonyl (C=O) groups is 1. The normalized spacial score (nSPS) is 17.4. The van der Waals surface area contributed by atoms with Gasteiger partial charge in [0.15, 0.2) is 0 Å². The largest absolute Gasteiger partial charge is 0.493 e. The Balaban J connectivity index is 1.59. The molecular weight excluding hydrogens is 387 g/mol. The van der Waals surface area contributed by atoms with E-state index in [1.807, 2.05) is 13.0 Å². The maximum absolute atomic E-state index is 12.8. The van der Waals surface area contributed by atoms with E-state index in [2.05, 4.69) is 5.10 Å². The third kappa shape index (κ3) is 5.29. The summed E-state index contributed by atoms with van der Waals surface area (Å²) in [5.41, 5.74) is 0.864. The van der Waals surface area contributed by atoms with Gasteiger partial charge in [0.05, 0.1) is 31.0 Å². The number of rotatable bonds is 6. The molecule has 1 unspecified atom stereocenters. The van der Waals surface area contributed by atoms with Crippen LogP contribution >= 0.6 is 0 Å². The summed E-state index contributed by atoms with van der Waals surface area (Å²) in [6.07, 6.45) is -3.76. The lowest BCUT2D eigenvalue weighted by Crippen LogP contribution is -2.42. The van der Waals surface area contributed by atoms with Crippen LogP contribution in [0.15, 0.2) is 30.3 Å². The molecule has 0 aliphatic carbocycles. The van der Waals surface area contributed by atoms with Crippen molar-refractivity contribution < 1.29 is 27.4 Å². The molecule has 9 heteroatoms. The number of hydrogen-bond acceptors (Lipinski definition) is 4. The Morgan fingerprint density at radius 2 is 2.14 bits per heavy atom. The van der Waals surface area contributed by atoms with E-state index in [9.17, 15) is 18.0 Å². The van der Waals surface area contributed by atoms with Gasteiger partial charge in [0, 0.05) is 32.1 Å². The first-order valence-electron chi connectivity index (χ1n) is 9.50. The van der Waals surface area contributed by atoms with Crippen molar-refractivity contribution in [2.24, 2.45) is 7.05 Å². The topological polar surface area (TPSA) is 56.6 Å². The van der Waals surface area contributed by atoms with Crippen molar-refractivity contribution in [2.45, 2.75) is 32.0 Å². The summed E-state index contributed by atoms with van der Waals surface area (Å²) in [5.74, 6) is 0.260. The highest BCUT2D eigenvalue weighted by Gasteiger charge is 2.30. The van der Waals surface area contributed by atoms with E-state index in [-0.39, 0.29) is 24.4 Å². The average molecular weight is 411 g/mol. The van der Waals surface area contributed by atoms with Gasteiger partial charge in [-0.15, -0.1) is 0 Å². The highest BCUT2D eigenvalue weighted by molar-refractivity contribution is 5.75. The summed E-state index contributed by atoms with van der Waals surface area (Å²) < 4.78 is 51.3. The number of amides is 1. The minimum absolute atomic E-state index is 0.0870. The van der Waals surface area contributed by atoms with E-state index in [1.54, 1.807) is 16.6 Å². The smallest absolute Gasteiger partial charge is 0.416 e. The van der Waals surface area contributed by atoms with E-state index >= 15 is 0 Å². The van der Waals surface area contributed by atoms with Crippen molar-refractivity contribution in [1.82, 2.24) is 14.7 Å². The van der Waals surface area contributed by atoms with Crippen LogP contribution in [0.3, 0.4) is 0 Å².